The fourth-order valence-electron chi connectivity index (χ4n) is 4.04. The average molecular weight is 390 g/mol. The number of amides is 1. The van der Waals surface area contributed by atoms with Gasteiger partial charge < -0.3 is 5.32 Å². The molecule has 1 aromatic carbocycles. The molecule has 2 fully saturated rings. The third-order valence-corrected chi connectivity index (χ3v) is 7.80. The summed E-state index contributed by atoms with van der Waals surface area (Å²) in [4.78, 5) is 12.8. The van der Waals surface area contributed by atoms with Crippen LogP contribution in [0.1, 0.15) is 51.0 Å². The SMILES string of the molecule is C[C@@H]1CCCC[C@H]1NC(=O)C1CCN(S(=O)(=O)c2ccc(C#N)cc2)CC1. The van der Waals surface area contributed by atoms with Gasteiger partial charge in [-0.15, -0.1) is 0 Å². The Hall–Kier alpha value is -1.91. The minimum atomic E-state index is -3.58. The van der Waals surface area contributed by atoms with Crippen LogP contribution in [0.25, 0.3) is 0 Å². The highest BCUT2D eigenvalue weighted by Gasteiger charge is 2.33. The van der Waals surface area contributed by atoms with E-state index in [-0.39, 0.29) is 22.8 Å². The van der Waals surface area contributed by atoms with Crippen LogP contribution in [0.4, 0.5) is 0 Å². The van der Waals surface area contributed by atoms with Crippen LogP contribution in [0, 0.1) is 23.2 Å². The summed E-state index contributed by atoms with van der Waals surface area (Å²) in [5.74, 6) is 0.468. The molecular formula is C20H27N3O3S. The zero-order chi connectivity index (χ0) is 19.4. The van der Waals surface area contributed by atoms with E-state index in [1.54, 1.807) is 0 Å². The Morgan fingerprint density at radius 3 is 2.33 bits per heavy atom. The van der Waals surface area contributed by atoms with Gasteiger partial charge in [-0.25, -0.2) is 8.42 Å². The fourth-order valence-corrected chi connectivity index (χ4v) is 5.51. The van der Waals surface area contributed by atoms with Crippen molar-refractivity contribution in [1.82, 2.24) is 9.62 Å². The highest BCUT2D eigenvalue weighted by Crippen LogP contribution is 2.27. The van der Waals surface area contributed by atoms with Crippen molar-refractivity contribution >= 4 is 15.9 Å². The number of nitrogens with one attached hydrogen (secondary N) is 1. The van der Waals surface area contributed by atoms with Gasteiger partial charge in [0.05, 0.1) is 16.5 Å². The molecule has 27 heavy (non-hydrogen) atoms. The number of hydrogen-bond donors (Lipinski definition) is 1. The van der Waals surface area contributed by atoms with Crippen molar-refractivity contribution in [2.75, 3.05) is 13.1 Å². The van der Waals surface area contributed by atoms with Gasteiger partial charge in [-0.1, -0.05) is 19.8 Å². The van der Waals surface area contributed by atoms with E-state index in [2.05, 4.69) is 12.2 Å². The highest BCUT2D eigenvalue weighted by atomic mass is 32.2. The van der Waals surface area contributed by atoms with Crippen LogP contribution in [0.3, 0.4) is 0 Å². The molecule has 7 heteroatoms. The molecule has 2 atom stereocenters. The molecule has 0 unspecified atom stereocenters. The van der Waals surface area contributed by atoms with Gasteiger partial charge in [0.15, 0.2) is 0 Å². The topological polar surface area (TPSA) is 90.3 Å². The second-order valence-corrected chi connectivity index (χ2v) is 9.63. The van der Waals surface area contributed by atoms with Gasteiger partial charge in [0, 0.05) is 25.0 Å². The summed E-state index contributed by atoms with van der Waals surface area (Å²) in [6.07, 6.45) is 5.69. The molecule has 1 N–H and O–H groups in total. The maximum absolute atomic E-state index is 12.8. The smallest absolute Gasteiger partial charge is 0.243 e. The molecule has 1 amide bonds. The molecule has 1 aliphatic carbocycles. The van der Waals surface area contributed by atoms with E-state index in [9.17, 15) is 13.2 Å². The predicted octanol–water partition coefficient (Wildman–Crippen LogP) is 2.65. The van der Waals surface area contributed by atoms with Crippen molar-refractivity contribution in [2.45, 2.75) is 56.4 Å². The van der Waals surface area contributed by atoms with Crippen LogP contribution in [0.2, 0.25) is 0 Å². The Bertz CT molecular complexity index is 806. The molecule has 0 bridgehead atoms. The van der Waals surface area contributed by atoms with Crippen molar-refractivity contribution in [2.24, 2.45) is 11.8 Å². The first-order valence-electron chi connectivity index (χ1n) is 9.72. The first kappa shape index (κ1) is 19.8. The Balaban J connectivity index is 1.57. The molecular weight excluding hydrogens is 362 g/mol. The van der Waals surface area contributed by atoms with E-state index in [0.29, 0.717) is 37.4 Å². The number of sulfonamides is 1. The highest BCUT2D eigenvalue weighted by molar-refractivity contribution is 7.89. The van der Waals surface area contributed by atoms with Crippen LogP contribution in [-0.4, -0.2) is 37.8 Å². The van der Waals surface area contributed by atoms with Gasteiger partial charge in [-0.05, 0) is 55.9 Å². The maximum atomic E-state index is 12.8. The molecule has 0 radical (unpaired) electrons. The Morgan fingerprint density at radius 1 is 1.11 bits per heavy atom. The Morgan fingerprint density at radius 2 is 1.74 bits per heavy atom. The summed E-state index contributed by atoms with van der Waals surface area (Å²) in [6, 6.07) is 8.21. The van der Waals surface area contributed by atoms with E-state index in [1.807, 2.05) is 6.07 Å². The van der Waals surface area contributed by atoms with Gasteiger partial charge in [0.1, 0.15) is 0 Å². The van der Waals surface area contributed by atoms with Gasteiger partial charge in [-0.3, -0.25) is 4.79 Å². The molecule has 2 aliphatic rings. The number of carbonyl (C=O) groups excluding carboxylic acids is 1. The van der Waals surface area contributed by atoms with Crippen molar-refractivity contribution in [3.63, 3.8) is 0 Å². The van der Waals surface area contributed by atoms with Crippen molar-refractivity contribution in [3.05, 3.63) is 29.8 Å². The Kier molecular flexibility index (Phi) is 6.18. The maximum Gasteiger partial charge on any atom is 0.243 e. The lowest BCUT2D eigenvalue weighted by Crippen LogP contribution is -2.47. The Labute approximate surface area is 161 Å². The van der Waals surface area contributed by atoms with Crippen LogP contribution < -0.4 is 5.32 Å². The molecule has 0 aromatic heterocycles. The molecule has 146 valence electrons. The van der Waals surface area contributed by atoms with Gasteiger partial charge in [0.25, 0.3) is 0 Å². The number of benzene rings is 1. The molecule has 1 aliphatic heterocycles. The molecule has 1 heterocycles. The summed E-state index contributed by atoms with van der Waals surface area (Å²) in [7, 11) is -3.58. The number of piperidine rings is 1. The number of nitrogens with zero attached hydrogens (tertiary/aromatic N) is 2. The van der Waals surface area contributed by atoms with Gasteiger partial charge >= 0.3 is 0 Å². The lowest BCUT2D eigenvalue weighted by atomic mass is 9.85. The number of hydrogen-bond acceptors (Lipinski definition) is 4. The lowest BCUT2D eigenvalue weighted by Gasteiger charge is -2.34. The first-order valence-corrected chi connectivity index (χ1v) is 11.2. The van der Waals surface area contributed by atoms with E-state index < -0.39 is 10.0 Å². The summed E-state index contributed by atoms with van der Waals surface area (Å²) in [5.41, 5.74) is 0.432. The monoisotopic (exact) mass is 389 g/mol. The van der Waals surface area contributed by atoms with E-state index in [4.69, 9.17) is 5.26 Å². The summed E-state index contributed by atoms with van der Waals surface area (Å²) < 4.78 is 27.0. The van der Waals surface area contributed by atoms with Crippen LogP contribution in [0.5, 0.6) is 0 Å². The zero-order valence-corrected chi connectivity index (χ0v) is 16.5. The van der Waals surface area contributed by atoms with Gasteiger partial charge in [0.2, 0.25) is 15.9 Å². The third kappa shape index (κ3) is 4.50. The number of rotatable bonds is 4. The van der Waals surface area contributed by atoms with Crippen LogP contribution in [0.15, 0.2) is 29.2 Å². The van der Waals surface area contributed by atoms with E-state index >= 15 is 0 Å². The zero-order valence-electron chi connectivity index (χ0n) is 15.7. The standard InChI is InChI=1S/C20H27N3O3S/c1-15-4-2-3-5-19(15)22-20(24)17-10-12-23(13-11-17)27(25,26)18-8-6-16(14-21)7-9-18/h6-9,15,17,19H,2-5,10-13H2,1H3,(H,22,24)/t15-,19-/m1/s1. The molecule has 0 spiro atoms. The first-order chi connectivity index (χ1) is 12.9. The number of carbonyl (C=O) groups is 1. The fraction of sp³-hybridized carbons (Fsp3) is 0.600. The van der Waals surface area contributed by atoms with Crippen LogP contribution in [-0.2, 0) is 14.8 Å². The molecule has 6 nitrogen and oxygen atoms in total. The van der Waals surface area contributed by atoms with Crippen molar-refractivity contribution < 1.29 is 13.2 Å². The lowest BCUT2D eigenvalue weighted by molar-refractivity contribution is -0.127. The molecule has 1 saturated heterocycles. The summed E-state index contributed by atoms with van der Waals surface area (Å²) in [6.45, 7) is 2.89. The van der Waals surface area contributed by atoms with Gasteiger partial charge in [-0.2, -0.15) is 9.57 Å². The van der Waals surface area contributed by atoms with Crippen LogP contribution >= 0.6 is 0 Å². The largest absolute Gasteiger partial charge is 0.353 e. The average Bonchev–Trinajstić information content (AvgIpc) is 2.70. The van der Waals surface area contributed by atoms with Crippen molar-refractivity contribution in [3.8, 4) is 6.07 Å². The second-order valence-electron chi connectivity index (χ2n) is 7.69. The summed E-state index contributed by atoms with van der Waals surface area (Å²) >= 11 is 0. The molecule has 3 rings (SSSR count). The predicted molar refractivity (Wildman–Crippen MR) is 102 cm³/mol. The van der Waals surface area contributed by atoms with Crippen molar-refractivity contribution in [1.29, 1.82) is 5.26 Å². The van der Waals surface area contributed by atoms with E-state index in [1.165, 1.54) is 35.0 Å². The molecule has 1 saturated carbocycles. The normalized spacial score (nSPS) is 24.9. The summed E-state index contributed by atoms with van der Waals surface area (Å²) in [5, 5.41) is 12.0. The van der Waals surface area contributed by atoms with E-state index in [0.717, 1.165) is 19.3 Å². The quantitative estimate of drug-likeness (QED) is 0.857. The third-order valence-electron chi connectivity index (χ3n) is 5.89. The number of nitriles is 1. The minimum absolute atomic E-state index is 0.0733. The minimum Gasteiger partial charge on any atom is -0.353 e. The molecule has 1 aromatic rings. The second kappa shape index (κ2) is 8.41.